The number of para-hydroxylation sites is 1. The third kappa shape index (κ3) is 3.98. The van der Waals surface area contributed by atoms with Crippen LogP contribution in [0.4, 0.5) is 10.1 Å². The number of anilines is 1. The van der Waals surface area contributed by atoms with Crippen molar-refractivity contribution in [3.63, 3.8) is 0 Å². The summed E-state index contributed by atoms with van der Waals surface area (Å²) in [6, 6.07) is 6.79. The van der Waals surface area contributed by atoms with Gasteiger partial charge < -0.3 is 10.1 Å². The monoisotopic (exact) mass is 238 g/mol. The highest BCUT2D eigenvalue weighted by Crippen LogP contribution is 2.12. The standard InChI is InChI=1S/C13H19FN2O/c14-12-4-1-2-5-13(12)15-6-3-7-16-8-10-17-11-9-16/h1-2,4-5,15H,3,6-11H2. The molecule has 17 heavy (non-hydrogen) atoms. The van der Waals surface area contributed by atoms with Gasteiger partial charge in [-0.25, -0.2) is 4.39 Å². The molecular weight excluding hydrogens is 219 g/mol. The average molecular weight is 238 g/mol. The van der Waals surface area contributed by atoms with Gasteiger partial charge in [0.1, 0.15) is 5.82 Å². The van der Waals surface area contributed by atoms with E-state index in [1.165, 1.54) is 6.07 Å². The third-order valence-electron chi connectivity index (χ3n) is 2.94. The minimum absolute atomic E-state index is 0.182. The minimum atomic E-state index is -0.182. The van der Waals surface area contributed by atoms with Crippen molar-refractivity contribution in [2.45, 2.75) is 6.42 Å². The number of nitrogens with one attached hydrogen (secondary N) is 1. The molecule has 1 saturated heterocycles. The molecule has 1 aliphatic rings. The summed E-state index contributed by atoms with van der Waals surface area (Å²) in [6.07, 6.45) is 1.02. The lowest BCUT2D eigenvalue weighted by molar-refractivity contribution is 0.0378. The van der Waals surface area contributed by atoms with Crippen LogP contribution >= 0.6 is 0 Å². The first-order chi connectivity index (χ1) is 8.36. The van der Waals surface area contributed by atoms with Gasteiger partial charge in [0.15, 0.2) is 0 Å². The maximum atomic E-state index is 13.3. The summed E-state index contributed by atoms with van der Waals surface area (Å²) in [5.74, 6) is -0.182. The number of morpholine rings is 1. The van der Waals surface area contributed by atoms with E-state index in [2.05, 4.69) is 10.2 Å². The van der Waals surface area contributed by atoms with E-state index >= 15 is 0 Å². The lowest BCUT2D eigenvalue weighted by atomic mass is 10.3. The normalized spacial score (nSPS) is 17.0. The molecule has 0 atom stereocenters. The van der Waals surface area contributed by atoms with Crippen LogP contribution in [0.5, 0.6) is 0 Å². The van der Waals surface area contributed by atoms with Crippen LogP contribution in [-0.4, -0.2) is 44.3 Å². The van der Waals surface area contributed by atoms with Gasteiger partial charge in [0, 0.05) is 19.6 Å². The molecule has 3 nitrogen and oxygen atoms in total. The summed E-state index contributed by atoms with van der Waals surface area (Å²) >= 11 is 0. The highest BCUT2D eigenvalue weighted by atomic mass is 19.1. The second kappa shape index (κ2) is 6.57. The van der Waals surface area contributed by atoms with E-state index in [0.717, 1.165) is 45.8 Å². The number of hydrogen-bond acceptors (Lipinski definition) is 3. The van der Waals surface area contributed by atoms with Crippen molar-refractivity contribution in [1.29, 1.82) is 0 Å². The van der Waals surface area contributed by atoms with Gasteiger partial charge in [-0.1, -0.05) is 12.1 Å². The Balaban J connectivity index is 1.64. The second-order valence-electron chi connectivity index (χ2n) is 4.21. The van der Waals surface area contributed by atoms with Gasteiger partial charge in [-0.05, 0) is 25.1 Å². The Kier molecular flexibility index (Phi) is 4.76. The zero-order chi connectivity index (χ0) is 11.9. The number of halogens is 1. The number of hydrogen-bond donors (Lipinski definition) is 1. The minimum Gasteiger partial charge on any atom is -0.383 e. The fourth-order valence-electron chi connectivity index (χ4n) is 1.96. The van der Waals surface area contributed by atoms with Gasteiger partial charge in [0.05, 0.1) is 18.9 Å². The van der Waals surface area contributed by atoms with Gasteiger partial charge >= 0.3 is 0 Å². The Bertz CT molecular complexity index is 340. The summed E-state index contributed by atoms with van der Waals surface area (Å²) in [5, 5.41) is 3.12. The molecule has 1 aromatic rings. The molecule has 0 spiro atoms. The molecule has 0 bridgehead atoms. The fourth-order valence-corrected chi connectivity index (χ4v) is 1.96. The van der Waals surface area contributed by atoms with Crippen molar-refractivity contribution in [2.75, 3.05) is 44.7 Å². The largest absolute Gasteiger partial charge is 0.383 e. The molecular formula is C13H19FN2O. The van der Waals surface area contributed by atoms with Crippen LogP contribution in [0.3, 0.4) is 0 Å². The Morgan fingerprint density at radius 2 is 2.00 bits per heavy atom. The van der Waals surface area contributed by atoms with E-state index in [0.29, 0.717) is 5.69 Å². The molecule has 1 aromatic carbocycles. The predicted molar refractivity (Wildman–Crippen MR) is 66.8 cm³/mol. The van der Waals surface area contributed by atoms with Gasteiger partial charge in [0.25, 0.3) is 0 Å². The lowest BCUT2D eigenvalue weighted by Crippen LogP contribution is -2.37. The summed E-state index contributed by atoms with van der Waals surface area (Å²) < 4.78 is 18.6. The lowest BCUT2D eigenvalue weighted by Gasteiger charge is -2.26. The van der Waals surface area contributed by atoms with Crippen molar-refractivity contribution >= 4 is 5.69 Å². The molecule has 0 aliphatic carbocycles. The highest BCUT2D eigenvalue weighted by Gasteiger charge is 2.09. The molecule has 0 unspecified atom stereocenters. The van der Waals surface area contributed by atoms with Gasteiger partial charge in [0.2, 0.25) is 0 Å². The fraction of sp³-hybridized carbons (Fsp3) is 0.538. The van der Waals surface area contributed by atoms with E-state index in [9.17, 15) is 4.39 Å². The predicted octanol–water partition coefficient (Wildman–Crippen LogP) is 1.96. The quantitative estimate of drug-likeness (QED) is 0.794. The van der Waals surface area contributed by atoms with Crippen molar-refractivity contribution in [3.8, 4) is 0 Å². The number of ether oxygens (including phenoxy) is 1. The van der Waals surface area contributed by atoms with Crippen LogP contribution in [0.25, 0.3) is 0 Å². The van der Waals surface area contributed by atoms with E-state index in [1.54, 1.807) is 12.1 Å². The number of benzene rings is 1. The second-order valence-corrected chi connectivity index (χ2v) is 4.21. The molecule has 1 fully saturated rings. The molecule has 2 rings (SSSR count). The topological polar surface area (TPSA) is 24.5 Å². The Hall–Kier alpha value is -1.13. The Labute approximate surface area is 102 Å². The summed E-state index contributed by atoms with van der Waals surface area (Å²) in [5.41, 5.74) is 0.592. The van der Waals surface area contributed by atoms with Crippen molar-refractivity contribution < 1.29 is 9.13 Å². The molecule has 4 heteroatoms. The molecule has 1 N–H and O–H groups in total. The Morgan fingerprint density at radius 3 is 2.76 bits per heavy atom. The first kappa shape index (κ1) is 12.3. The number of nitrogens with zero attached hydrogens (tertiary/aromatic N) is 1. The molecule has 1 aliphatic heterocycles. The van der Waals surface area contributed by atoms with Crippen LogP contribution in [-0.2, 0) is 4.74 Å². The molecule has 94 valence electrons. The van der Waals surface area contributed by atoms with Crippen molar-refractivity contribution in [2.24, 2.45) is 0 Å². The van der Waals surface area contributed by atoms with Gasteiger partial charge in [-0.2, -0.15) is 0 Å². The molecule has 0 aromatic heterocycles. The van der Waals surface area contributed by atoms with Crippen LogP contribution in [0.1, 0.15) is 6.42 Å². The molecule has 0 radical (unpaired) electrons. The molecule has 0 saturated carbocycles. The summed E-state index contributed by atoms with van der Waals surface area (Å²) in [4.78, 5) is 2.38. The van der Waals surface area contributed by atoms with Crippen LogP contribution in [0, 0.1) is 5.82 Å². The van der Waals surface area contributed by atoms with Gasteiger partial charge in [-0.15, -0.1) is 0 Å². The van der Waals surface area contributed by atoms with Crippen LogP contribution in [0.15, 0.2) is 24.3 Å². The summed E-state index contributed by atoms with van der Waals surface area (Å²) in [6.45, 7) is 5.55. The van der Waals surface area contributed by atoms with E-state index in [-0.39, 0.29) is 5.82 Å². The zero-order valence-corrected chi connectivity index (χ0v) is 9.99. The average Bonchev–Trinajstić information content (AvgIpc) is 2.38. The first-order valence-corrected chi connectivity index (χ1v) is 6.15. The maximum absolute atomic E-state index is 13.3. The zero-order valence-electron chi connectivity index (χ0n) is 9.99. The van der Waals surface area contributed by atoms with Crippen LogP contribution in [0.2, 0.25) is 0 Å². The SMILES string of the molecule is Fc1ccccc1NCCCN1CCOCC1. The van der Waals surface area contributed by atoms with Gasteiger partial charge in [-0.3, -0.25) is 4.90 Å². The van der Waals surface area contributed by atoms with E-state index in [4.69, 9.17) is 4.74 Å². The Morgan fingerprint density at radius 1 is 1.24 bits per heavy atom. The first-order valence-electron chi connectivity index (χ1n) is 6.15. The smallest absolute Gasteiger partial charge is 0.146 e. The van der Waals surface area contributed by atoms with Crippen LogP contribution < -0.4 is 5.32 Å². The number of rotatable bonds is 5. The maximum Gasteiger partial charge on any atom is 0.146 e. The highest BCUT2D eigenvalue weighted by molar-refractivity contribution is 5.44. The van der Waals surface area contributed by atoms with Crippen molar-refractivity contribution in [3.05, 3.63) is 30.1 Å². The van der Waals surface area contributed by atoms with E-state index in [1.807, 2.05) is 6.07 Å². The molecule has 0 amide bonds. The third-order valence-corrected chi connectivity index (χ3v) is 2.94. The molecule has 1 heterocycles. The van der Waals surface area contributed by atoms with Crippen molar-refractivity contribution in [1.82, 2.24) is 4.90 Å². The summed E-state index contributed by atoms with van der Waals surface area (Å²) in [7, 11) is 0. The van der Waals surface area contributed by atoms with E-state index < -0.39 is 0 Å².